The Morgan fingerprint density at radius 3 is 2.69 bits per heavy atom. The number of rotatable bonds is 3. The Bertz CT molecular complexity index is 321. The van der Waals surface area contributed by atoms with E-state index in [2.05, 4.69) is 6.58 Å². The molecule has 0 unspecified atom stereocenters. The zero-order valence-corrected chi connectivity index (χ0v) is 7.31. The van der Waals surface area contributed by atoms with E-state index >= 15 is 0 Å². The lowest BCUT2D eigenvalue weighted by atomic mass is 10.2. The van der Waals surface area contributed by atoms with E-state index in [0.29, 0.717) is 0 Å². The molecule has 0 heterocycles. The Hall–Kier alpha value is -1.38. The maximum Gasteiger partial charge on any atom is 0.200 e. The third-order valence-electron chi connectivity index (χ3n) is 1.60. The van der Waals surface area contributed by atoms with Crippen LogP contribution in [0.2, 0.25) is 0 Å². The average molecular weight is 184 g/mol. The first-order valence-electron chi connectivity index (χ1n) is 3.85. The molecule has 1 aromatic carbocycles. The fourth-order valence-electron chi connectivity index (χ4n) is 0.888. The second-order valence-corrected chi connectivity index (χ2v) is 2.61. The van der Waals surface area contributed by atoms with Crippen molar-refractivity contribution in [3.8, 4) is 5.75 Å². The van der Waals surface area contributed by atoms with Crippen molar-refractivity contribution in [1.29, 1.82) is 0 Å². The molecule has 0 saturated carbocycles. The Kier molecular flexibility index (Phi) is 3.01. The van der Waals surface area contributed by atoms with Gasteiger partial charge in [0.2, 0.25) is 5.82 Å². The summed E-state index contributed by atoms with van der Waals surface area (Å²) in [6.45, 7) is 5.07. The monoisotopic (exact) mass is 184 g/mol. The summed E-state index contributed by atoms with van der Waals surface area (Å²) in [6.07, 6.45) is 1.47. The Labute approximate surface area is 75.6 Å². The van der Waals surface area contributed by atoms with E-state index in [1.165, 1.54) is 25.1 Å². The predicted octanol–water partition coefficient (Wildman–Crippen LogP) is 2.84. The van der Waals surface area contributed by atoms with Crippen molar-refractivity contribution < 1.29 is 13.5 Å². The van der Waals surface area contributed by atoms with Crippen LogP contribution in [0.3, 0.4) is 0 Å². The summed E-state index contributed by atoms with van der Waals surface area (Å²) in [5.74, 6) is -1.88. The van der Waals surface area contributed by atoms with E-state index in [9.17, 15) is 8.78 Å². The highest BCUT2D eigenvalue weighted by molar-refractivity contribution is 5.30. The first-order chi connectivity index (χ1) is 6.16. The van der Waals surface area contributed by atoms with E-state index in [4.69, 9.17) is 4.74 Å². The van der Waals surface area contributed by atoms with E-state index < -0.39 is 11.6 Å². The van der Waals surface area contributed by atoms with Gasteiger partial charge in [-0.25, -0.2) is 4.39 Å². The van der Waals surface area contributed by atoms with Crippen molar-refractivity contribution in [2.24, 2.45) is 0 Å². The van der Waals surface area contributed by atoms with Crippen LogP contribution in [-0.2, 0) is 0 Å². The highest BCUT2D eigenvalue weighted by Gasteiger charge is 2.10. The second-order valence-electron chi connectivity index (χ2n) is 2.61. The van der Waals surface area contributed by atoms with Crippen LogP contribution in [0.25, 0.3) is 0 Å². The summed E-state index contributed by atoms with van der Waals surface area (Å²) < 4.78 is 30.9. The smallest absolute Gasteiger partial charge is 0.200 e. The van der Waals surface area contributed by atoms with Gasteiger partial charge < -0.3 is 4.74 Å². The third kappa shape index (κ3) is 2.05. The number of hydrogen-bond donors (Lipinski definition) is 0. The molecule has 0 N–H and O–H groups in total. The van der Waals surface area contributed by atoms with Crippen molar-refractivity contribution in [1.82, 2.24) is 0 Å². The Morgan fingerprint density at radius 1 is 1.38 bits per heavy atom. The van der Waals surface area contributed by atoms with Crippen molar-refractivity contribution in [3.05, 3.63) is 42.0 Å². The van der Waals surface area contributed by atoms with Crippen molar-refractivity contribution in [3.63, 3.8) is 0 Å². The molecular formula is C10H10F2O. The fraction of sp³-hybridized carbons (Fsp3) is 0.200. The molecule has 13 heavy (non-hydrogen) atoms. The first-order valence-corrected chi connectivity index (χ1v) is 3.85. The van der Waals surface area contributed by atoms with Crippen molar-refractivity contribution in [2.75, 3.05) is 6.61 Å². The molecule has 0 fully saturated rings. The van der Waals surface area contributed by atoms with Crippen molar-refractivity contribution >= 4 is 0 Å². The summed E-state index contributed by atoms with van der Waals surface area (Å²) in [4.78, 5) is 0. The lowest BCUT2D eigenvalue weighted by Crippen LogP contribution is -1.98. The van der Waals surface area contributed by atoms with Crippen LogP contribution in [0.15, 0.2) is 24.8 Å². The quantitative estimate of drug-likeness (QED) is 0.656. The number of hydrogen-bond acceptors (Lipinski definition) is 1. The molecule has 0 spiro atoms. The molecule has 1 aromatic rings. The predicted molar refractivity (Wildman–Crippen MR) is 46.8 cm³/mol. The topological polar surface area (TPSA) is 9.23 Å². The van der Waals surface area contributed by atoms with Gasteiger partial charge >= 0.3 is 0 Å². The van der Waals surface area contributed by atoms with Gasteiger partial charge in [-0.15, -0.1) is 0 Å². The standard InChI is InChI=1S/C10H10F2O/c1-3-6-13-8-5-4-7(2)9(11)10(8)12/h3-5H,1,6H2,2H3. The maximum atomic E-state index is 13.1. The lowest BCUT2D eigenvalue weighted by molar-refractivity contribution is 0.332. The highest BCUT2D eigenvalue weighted by atomic mass is 19.2. The van der Waals surface area contributed by atoms with Gasteiger partial charge in [-0.3, -0.25) is 0 Å². The Balaban J connectivity index is 2.96. The minimum Gasteiger partial charge on any atom is -0.486 e. The van der Waals surface area contributed by atoms with Gasteiger partial charge in [-0.05, 0) is 18.6 Å². The zero-order chi connectivity index (χ0) is 9.84. The number of ether oxygens (including phenoxy) is 1. The molecule has 0 saturated heterocycles. The molecule has 0 aliphatic heterocycles. The van der Waals surface area contributed by atoms with Crippen LogP contribution in [0.1, 0.15) is 5.56 Å². The lowest BCUT2D eigenvalue weighted by Gasteiger charge is -2.06. The van der Waals surface area contributed by atoms with Crippen LogP contribution in [0, 0.1) is 18.6 Å². The number of benzene rings is 1. The number of aryl methyl sites for hydroxylation is 1. The van der Waals surface area contributed by atoms with E-state index in [0.717, 1.165) is 0 Å². The van der Waals surface area contributed by atoms with Gasteiger partial charge in [0, 0.05) is 0 Å². The van der Waals surface area contributed by atoms with Crippen LogP contribution in [0.5, 0.6) is 5.75 Å². The zero-order valence-electron chi connectivity index (χ0n) is 7.31. The molecule has 0 atom stereocenters. The van der Waals surface area contributed by atoms with Crippen LogP contribution in [0.4, 0.5) is 8.78 Å². The molecule has 1 nitrogen and oxygen atoms in total. The minimum absolute atomic E-state index is 0.0806. The minimum atomic E-state index is -0.943. The van der Waals surface area contributed by atoms with Crippen LogP contribution in [-0.4, -0.2) is 6.61 Å². The molecule has 0 aliphatic rings. The van der Waals surface area contributed by atoms with Gasteiger partial charge in [-0.1, -0.05) is 18.7 Å². The second kappa shape index (κ2) is 4.03. The molecule has 0 bridgehead atoms. The summed E-state index contributed by atoms with van der Waals surface area (Å²) in [5.41, 5.74) is 0.267. The largest absolute Gasteiger partial charge is 0.486 e. The Morgan fingerprint density at radius 2 is 2.08 bits per heavy atom. The molecule has 0 radical (unpaired) electrons. The molecule has 0 aliphatic carbocycles. The molecular weight excluding hydrogens is 174 g/mol. The van der Waals surface area contributed by atoms with E-state index in [1.54, 1.807) is 0 Å². The van der Waals surface area contributed by atoms with Crippen LogP contribution < -0.4 is 4.74 Å². The summed E-state index contributed by atoms with van der Waals surface area (Å²) >= 11 is 0. The summed E-state index contributed by atoms with van der Waals surface area (Å²) in [6, 6.07) is 2.87. The van der Waals surface area contributed by atoms with Gasteiger partial charge in [0.15, 0.2) is 11.6 Å². The van der Waals surface area contributed by atoms with E-state index in [1.807, 2.05) is 0 Å². The average Bonchev–Trinajstić information content (AvgIpc) is 2.13. The molecule has 0 amide bonds. The van der Waals surface area contributed by atoms with Crippen LogP contribution >= 0.6 is 0 Å². The molecule has 1 rings (SSSR count). The molecule has 0 aromatic heterocycles. The fourth-order valence-corrected chi connectivity index (χ4v) is 0.888. The SMILES string of the molecule is C=CCOc1ccc(C)c(F)c1F. The van der Waals surface area contributed by atoms with Gasteiger partial charge in [0.25, 0.3) is 0 Å². The maximum absolute atomic E-state index is 13.1. The molecule has 3 heteroatoms. The van der Waals surface area contributed by atoms with Gasteiger partial charge in [0.05, 0.1) is 0 Å². The summed E-state index contributed by atoms with van der Waals surface area (Å²) in [5, 5.41) is 0. The summed E-state index contributed by atoms with van der Waals surface area (Å²) in [7, 11) is 0. The van der Waals surface area contributed by atoms with E-state index in [-0.39, 0.29) is 17.9 Å². The highest BCUT2D eigenvalue weighted by Crippen LogP contribution is 2.21. The van der Waals surface area contributed by atoms with Gasteiger partial charge in [0.1, 0.15) is 6.61 Å². The van der Waals surface area contributed by atoms with Gasteiger partial charge in [-0.2, -0.15) is 4.39 Å². The van der Waals surface area contributed by atoms with Crippen molar-refractivity contribution in [2.45, 2.75) is 6.92 Å². The number of halogens is 2. The normalized spacial score (nSPS) is 9.77. The third-order valence-corrected chi connectivity index (χ3v) is 1.60. The first kappa shape index (κ1) is 9.71. The molecule has 70 valence electrons.